The van der Waals surface area contributed by atoms with Gasteiger partial charge in [-0.05, 0) is 31.5 Å². The van der Waals surface area contributed by atoms with Gasteiger partial charge in [0.2, 0.25) is 0 Å². The van der Waals surface area contributed by atoms with Gasteiger partial charge < -0.3 is 10.6 Å². The second-order valence-corrected chi connectivity index (χ2v) is 4.40. The highest BCUT2D eigenvalue weighted by molar-refractivity contribution is 6.33. The molecule has 2 N–H and O–H groups in total. The number of hydrogen-bond acceptors (Lipinski definition) is 2. The van der Waals surface area contributed by atoms with Gasteiger partial charge in [0, 0.05) is 12.6 Å². The maximum Gasteiger partial charge on any atom is 0.253 e. The maximum atomic E-state index is 11.9. The first-order chi connectivity index (χ1) is 7.77. The molecule has 1 amide bonds. The van der Waals surface area contributed by atoms with Gasteiger partial charge in [0.1, 0.15) is 0 Å². The van der Waals surface area contributed by atoms with Gasteiger partial charge in [0.15, 0.2) is 0 Å². The Balaban J connectivity index is 0.00000144. The first-order valence-corrected chi connectivity index (χ1v) is 5.91. The molecule has 1 aromatic carbocycles. The summed E-state index contributed by atoms with van der Waals surface area (Å²) in [6.45, 7) is 1.88. The van der Waals surface area contributed by atoms with Crippen LogP contribution >= 0.6 is 24.0 Å². The van der Waals surface area contributed by atoms with Gasteiger partial charge in [-0.2, -0.15) is 0 Å². The van der Waals surface area contributed by atoms with Gasteiger partial charge in [-0.15, -0.1) is 12.4 Å². The molecule has 1 atom stereocenters. The van der Waals surface area contributed by atoms with Crippen LogP contribution in [0.4, 0.5) is 0 Å². The van der Waals surface area contributed by atoms with Gasteiger partial charge in [-0.1, -0.05) is 23.7 Å². The standard InChI is InChI=1S/C12H15ClN2O.ClH/c13-11-6-2-1-5-10(11)12(16)15-9-4-3-7-14-8-9;/h1-2,5-6,9,14H,3-4,7-8H2,(H,15,16);1H/t9-;/m1./s1. The van der Waals surface area contributed by atoms with Crippen molar-refractivity contribution in [2.75, 3.05) is 13.1 Å². The molecule has 3 nitrogen and oxygen atoms in total. The van der Waals surface area contributed by atoms with Gasteiger partial charge in [0.05, 0.1) is 10.6 Å². The van der Waals surface area contributed by atoms with Crippen molar-refractivity contribution in [2.45, 2.75) is 18.9 Å². The van der Waals surface area contributed by atoms with E-state index in [1.165, 1.54) is 0 Å². The van der Waals surface area contributed by atoms with Gasteiger partial charge >= 0.3 is 0 Å². The molecule has 0 bridgehead atoms. The van der Waals surface area contributed by atoms with E-state index in [0.29, 0.717) is 10.6 Å². The quantitative estimate of drug-likeness (QED) is 0.869. The Bertz CT molecular complexity index is 379. The molecule has 0 saturated carbocycles. The molecule has 1 aliphatic heterocycles. The number of amides is 1. The average molecular weight is 275 g/mol. The van der Waals surface area contributed by atoms with Crippen molar-refractivity contribution in [3.8, 4) is 0 Å². The van der Waals surface area contributed by atoms with Gasteiger partial charge in [-0.25, -0.2) is 0 Å². The van der Waals surface area contributed by atoms with E-state index in [1.54, 1.807) is 12.1 Å². The summed E-state index contributed by atoms with van der Waals surface area (Å²) in [7, 11) is 0. The molecule has 2 rings (SSSR count). The van der Waals surface area contributed by atoms with E-state index in [9.17, 15) is 4.79 Å². The Morgan fingerprint density at radius 1 is 1.41 bits per heavy atom. The van der Waals surface area contributed by atoms with E-state index < -0.39 is 0 Å². The lowest BCUT2D eigenvalue weighted by Gasteiger charge is -2.23. The van der Waals surface area contributed by atoms with E-state index in [2.05, 4.69) is 10.6 Å². The van der Waals surface area contributed by atoms with E-state index >= 15 is 0 Å². The number of benzene rings is 1. The highest BCUT2D eigenvalue weighted by atomic mass is 35.5. The number of hydrogen-bond donors (Lipinski definition) is 2. The topological polar surface area (TPSA) is 41.1 Å². The Morgan fingerprint density at radius 3 is 2.82 bits per heavy atom. The zero-order valence-electron chi connectivity index (χ0n) is 9.41. The number of halogens is 2. The van der Waals surface area contributed by atoms with Crippen LogP contribution in [-0.2, 0) is 0 Å². The lowest BCUT2D eigenvalue weighted by atomic mass is 10.1. The number of carbonyl (C=O) groups excluding carboxylic acids is 1. The van der Waals surface area contributed by atoms with E-state index in [-0.39, 0.29) is 24.4 Å². The van der Waals surface area contributed by atoms with Crippen molar-refractivity contribution in [3.63, 3.8) is 0 Å². The van der Waals surface area contributed by atoms with E-state index in [0.717, 1.165) is 25.9 Å². The molecule has 1 saturated heterocycles. The summed E-state index contributed by atoms with van der Waals surface area (Å²) in [4.78, 5) is 11.9. The number of piperidine rings is 1. The van der Waals surface area contributed by atoms with Crippen LogP contribution in [0.5, 0.6) is 0 Å². The first kappa shape index (κ1) is 14.3. The second kappa shape index (κ2) is 6.84. The van der Waals surface area contributed by atoms with Crippen molar-refractivity contribution >= 4 is 29.9 Å². The fourth-order valence-corrected chi connectivity index (χ4v) is 2.11. The molecule has 0 aliphatic carbocycles. The lowest BCUT2D eigenvalue weighted by Crippen LogP contribution is -2.45. The predicted octanol–water partition coefficient (Wildman–Crippen LogP) is 2.24. The molecule has 94 valence electrons. The normalized spacial score (nSPS) is 19.2. The second-order valence-electron chi connectivity index (χ2n) is 4.00. The SMILES string of the molecule is Cl.O=C(N[C@@H]1CCCNC1)c1ccccc1Cl. The molecule has 0 spiro atoms. The molecule has 5 heteroatoms. The van der Waals surface area contributed by atoms with Crippen molar-refractivity contribution in [2.24, 2.45) is 0 Å². The van der Waals surface area contributed by atoms with Crippen LogP contribution in [0.1, 0.15) is 23.2 Å². The largest absolute Gasteiger partial charge is 0.348 e. The van der Waals surface area contributed by atoms with Crippen LogP contribution in [0.25, 0.3) is 0 Å². The Kier molecular flexibility index (Phi) is 5.75. The summed E-state index contributed by atoms with van der Waals surface area (Å²) in [5.41, 5.74) is 0.551. The molecular weight excluding hydrogens is 259 g/mol. The van der Waals surface area contributed by atoms with Gasteiger partial charge in [-0.3, -0.25) is 4.79 Å². The first-order valence-electron chi connectivity index (χ1n) is 5.53. The fraction of sp³-hybridized carbons (Fsp3) is 0.417. The fourth-order valence-electron chi connectivity index (χ4n) is 1.88. The smallest absolute Gasteiger partial charge is 0.253 e. The number of nitrogens with one attached hydrogen (secondary N) is 2. The van der Waals surface area contributed by atoms with E-state index in [1.807, 2.05) is 12.1 Å². The molecule has 17 heavy (non-hydrogen) atoms. The highest BCUT2D eigenvalue weighted by Gasteiger charge is 2.17. The zero-order chi connectivity index (χ0) is 11.4. The van der Waals surface area contributed by atoms with Crippen molar-refractivity contribution < 1.29 is 4.79 Å². The minimum atomic E-state index is -0.0840. The Hall–Kier alpha value is -0.770. The summed E-state index contributed by atoms with van der Waals surface area (Å²) < 4.78 is 0. The van der Waals surface area contributed by atoms with Crippen molar-refractivity contribution in [1.29, 1.82) is 0 Å². The zero-order valence-corrected chi connectivity index (χ0v) is 11.0. The minimum Gasteiger partial charge on any atom is -0.348 e. The van der Waals surface area contributed by atoms with Gasteiger partial charge in [0.25, 0.3) is 5.91 Å². The molecule has 1 aliphatic rings. The molecule has 0 aromatic heterocycles. The van der Waals surface area contributed by atoms with Crippen LogP contribution in [0.15, 0.2) is 24.3 Å². The van der Waals surface area contributed by atoms with E-state index in [4.69, 9.17) is 11.6 Å². The highest BCUT2D eigenvalue weighted by Crippen LogP contribution is 2.15. The van der Waals surface area contributed by atoms with Crippen LogP contribution in [0.2, 0.25) is 5.02 Å². The summed E-state index contributed by atoms with van der Waals surface area (Å²) >= 11 is 5.96. The lowest BCUT2D eigenvalue weighted by molar-refractivity contribution is 0.0931. The maximum absolute atomic E-state index is 11.9. The minimum absolute atomic E-state index is 0. The van der Waals surface area contributed by atoms with Crippen molar-refractivity contribution in [1.82, 2.24) is 10.6 Å². The predicted molar refractivity (Wildman–Crippen MR) is 72.1 cm³/mol. The third-order valence-electron chi connectivity index (χ3n) is 2.75. The van der Waals surface area contributed by atoms with Crippen LogP contribution in [-0.4, -0.2) is 25.0 Å². The number of carbonyl (C=O) groups is 1. The van der Waals surface area contributed by atoms with Crippen LogP contribution in [0, 0.1) is 0 Å². The summed E-state index contributed by atoms with van der Waals surface area (Å²) in [6, 6.07) is 7.34. The van der Waals surface area contributed by atoms with Crippen LogP contribution in [0.3, 0.4) is 0 Å². The Morgan fingerprint density at radius 2 is 2.18 bits per heavy atom. The summed E-state index contributed by atoms with van der Waals surface area (Å²) in [5.74, 6) is -0.0840. The Labute approximate surface area is 112 Å². The summed E-state index contributed by atoms with van der Waals surface area (Å²) in [5, 5.41) is 6.75. The average Bonchev–Trinajstić information content (AvgIpc) is 2.31. The molecule has 0 unspecified atom stereocenters. The number of rotatable bonds is 2. The summed E-state index contributed by atoms with van der Waals surface area (Å²) in [6.07, 6.45) is 2.14. The molecular formula is C12H16Cl2N2O. The molecule has 1 heterocycles. The monoisotopic (exact) mass is 274 g/mol. The van der Waals surface area contributed by atoms with Crippen LogP contribution < -0.4 is 10.6 Å². The molecule has 1 fully saturated rings. The molecule has 1 aromatic rings. The third kappa shape index (κ3) is 3.87. The molecule has 0 radical (unpaired) electrons. The third-order valence-corrected chi connectivity index (χ3v) is 3.08. The van der Waals surface area contributed by atoms with Crippen molar-refractivity contribution in [3.05, 3.63) is 34.9 Å².